The van der Waals surface area contributed by atoms with E-state index in [1.54, 1.807) is 25.1 Å². The standard InChI is InChI=1S/C22H29N3O5/c1-22(15-9-10-17-18(13-15)30-12-6-11-29-17)20(27)25(21(28)24-22)14-19(26)23-16-7-4-2-3-5-8-16/h9-10,13,16H,2-8,11-12,14H2,1H3,(H,23,26)(H,24,28). The average Bonchev–Trinajstić information content (AvgIpc) is 3.02. The van der Waals surface area contributed by atoms with E-state index in [1.165, 1.54) is 12.8 Å². The second kappa shape index (κ2) is 8.53. The molecule has 162 valence electrons. The highest BCUT2D eigenvalue weighted by molar-refractivity contribution is 6.09. The summed E-state index contributed by atoms with van der Waals surface area (Å²) in [5.74, 6) is 0.431. The number of nitrogens with one attached hydrogen (secondary N) is 2. The lowest BCUT2D eigenvalue weighted by Crippen LogP contribution is -2.45. The summed E-state index contributed by atoms with van der Waals surface area (Å²) < 4.78 is 11.4. The highest BCUT2D eigenvalue weighted by atomic mass is 16.5. The Morgan fingerprint density at radius 1 is 1.10 bits per heavy atom. The van der Waals surface area contributed by atoms with Crippen molar-refractivity contribution in [3.05, 3.63) is 23.8 Å². The number of rotatable bonds is 4. The first-order chi connectivity index (χ1) is 14.5. The molecule has 3 aliphatic rings. The van der Waals surface area contributed by atoms with Crippen LogP contribution in [-0.4, -0.2) is 48.5 Å². The second-order valence-electron chi connectivity index (χ2n) is 8.41. The van der Waals surface area contributed by atoms with Gasteiger partial charge < -0.3 is 20.1 Å². The van der Waals surface area contributed by atoms with Gasteiger partial charge in [-0.25, -0.2) is 4.79 Å². The zero-order chi connectivity index (χ0) is 21.1. The third-order valence-electron chi connectivity index (χ3n) is 6.12. The van der Waals surface area contributed by atoms with Crippen LogP contribution in [-0.2, 0) is 15.1 Å². The number of ether oxygens (including phenoxy) is 2. The topological polar surface area (TPSA) is 97.0 Å². The van der Waals surface area contributed by atoms with Crippen LogP contribution in [0.4, 0.5) is 4.79 Å². The molecule has 8 heteroatoms. The third-order valence-corrected chi connectivity index (χ3v) is 6.12. The van der Waals surface area contributed by atoms with Crippen molar-refractivity contribution in [2.75, 3.05) is 19.8 Å². The molecule has 4 rings (SSSR count). The van der Waals surface area contributed by atoms with Crippen LogP contribution in [0.2, 0.25) is 0 Å². The molecule has 1 saturated heterocycles. The fraction of sp³-hybridized carbons (Fsp3) is 0.591. The zero-order valence-corrected chi connectivity index (χ0v) is 17.4. The Hall–Kier alpha value is -2.77. The Balaban J connectivity index is 1.46. The largest absolute Gasteiger partial charge is 0.490 e. The predicted octanol–water partition coefficient (Wildman–Crippen LogP) is 2.45. The maximum absolute atomic E-state index is 13.1. The van der Waals surface area contributed by atoms with Crippen molar-refractivity contribution in [1.82, 2.24) is 15.5 Å². The van der Waals surface area contributed by atoms with Gasteiger partial charge >= 0.3 is 6.03 Å². The molecule has 2 heterocycles. The van der Waals surface area contributed by atoms with Crippen LogP contribution in [0.3, 0.4) is 0 Å². The number of hydrogen-bond acceptors (Lipinski definition) is 5. The minimum Gasteiger partial charge on any atom is -0.490 e. The first-order valence-electron chi connectivity index (χ1n) is 10.8. The molecular weight excluding hydrogens is 386 g/mol. The molecule has 8 nitrogen and oxygen atoms in total. The van der Waals surface area contributed by atoms with Gasteiger partial charge in [0.2, 0.25) is 5.91 Å². The number of amides is 4. The van der Waals surface area contributed by atoms with Crippen molar-refractivity contribution < 1.29 is 23.9 Å². The number of urea groups is 1. The van der Waals surface area contributed by atoms with Gasteiger partial charge in [0.15, 0.2) is 11.5 Å². The van der Waals surface area contributed by atoms with Crippen LogP contribution in [0, 0.1) is 0 Å². The molecule has 2 N–H and O–H groups in total. The van der Waals surface area contributed by atoms with Gasteiger partial charge in [-0.05, 0) is 37.5 Å². The van der Waals surface area contributed by atoms with E-state index < -0.39 is 17.5 Å². The van der Waals surface area contributed by atoms with Crippen LogP contribution in [0.5, 0.6) is 11.5 Å². The summed E-state index contributed by atoms with van der Waals surface area (Å²) in [4.78, 5) is 39.2. The summed E-state index contributed by atoms with van der Waals surface area (Å²) in [5, 5.41) is 5.74. The number of carbonyl (C=O) groups excluding carboxylic acids is 3. The van der Waals surface area contributed by atoms with E-state index in [9.17, 15) is 14.4 Å². The molecule has 1 unspecified atom stereocenters. The van der Waals surface area contributed by atoms with Gasteiger partial charge in [0, 0.05) is 12.5 Å². The first-order valence-corrected chi connectivity index (χ1v) is 10.8. The molecule has 0 aromatic heterocycles. The third kappa shape index (κ3) is 4.08. The minimum absolute atomic E-state index is 0.119. The summed E-state index contributed by atoms with van der Waals surface area (Å²) >= 11 is 0. The first kappa shape index (κ1) is 20.5. The Labute approximate surface area is 176 Å². The number of nitrogens with zero attached hydrogens (tertiary/aromatic N) is 1. The number of imide groups is 1. The second-order valence-corrected chi connectivity index (χ2v) is 8.41. The Morgan fingerprint density at radius 3 is 2.53 bits per heavy atom. The van der Waals surface area contributed by atoms with E-state index in [4.69, 9.17) is 9.47 Å². The molecule has 4 amide bonds. The van der Waals surface area contributed by atoms with E-state index >= 15 is 0 Å². The summed E-state index contributed by atoms with van der Waals surface area (Å²) in [7, 11) is 0. The Kier molecular flexibility index (Phi) is 5.83. The van der Waals surface area contributed by atoms with Gasteiger partial charge in [-0.3, -0.25) is 14.5 Å². The fourth-order valence-electron chi connectivity index (χ4n) is 4.35. The van der Waals surface area contributed by atoms with Crippen LogP contribution in [0.15, 0.2) is 18.2 Å². The SMILES string of the molecule is CC1(c2ccc3c(c2)OCCCO3)NC(=O)N(CC(=O)NC2CCCCCC2)C1=O. The molecule has 0 radical (unpaired) electrons. The molecule has 1 saturated carbocycles. The normalized spacial score (nSPS) is 24.8. The zero-order valence-electron chi connectivity index (χ0n) is 17.4. The highest BCUT2D eigenvalue weighted by Gasteiger charge is 2.49. The molecule has 1 aromatic rings. The lowest BCUT2D eigenvalue weighted by atomic mass is 9.91. The molecule has 0 bridgehead atoms. The Morgan fingerprint density at radius 2 is 1.80 bits per heavy atom. The molecule has 30 heavy (non-hydrogen) atoms. The van der Waals surface area contributed by atoms with Crippen LogP contribution < -0.4 is 20.1 Å². The number of hydrogen-bond donors (Lipinski definition) is 2. The summed E-state index contributed by atoms with van der Waals surface area (Å²) in [6.07, 6.45) is 7.23. The summed E-state index contributed by atoms with van der Waals surface area (Å²) in [6, 6.07) is 4.79. The van der Waals surface area contributed by atoms with E-state index in [2.05, 4.69) is 10.6 Å². The molecule has 2 aliphatic heterocycles. The molecule has 1 atom stereocenters. The van der Waals surface area contributed by atoms with E-state index in [0.29, 0.717) is 30.3 Å². The quantitative estimate of drug-likeness (QED) is 0.582. The molecule has 0 spiro atoms. The monoisotopic (exact) mass is 415 g/mol. The lowest BCUT2D eigenvalue weighted by Gasteiger charge is -2.23. The summed E-state index contributed by atoms with van der Waals surface area (Å²) in [5.41, 5.74) is -0.665. The number of benzene rings is 1. The highest BCUT2D eigenvalue weighted by Crippen LogP contribution is 2.36. The van der Waals surface area contributed by atoms with Crippen molar-refractivity contribution in [3.63, 3.8) is 0 Å². The maximum atomic E-state index is 13.1. The van der Waals surface area contributed by atoms with Crippen LogP contribution >= 0.6 is 0 Å². The van der Waals surface area contributed by atoms with Gasteiger partial charge in [-0.1, -0.05) is 31.7 Å². The van der Waals surface area contributed by atoms with Gasteiger partial charge in [0.25, 0.3) is 5.91 Å². The van der Waals surface area contributed by atoms with Crippen molar-refractivity contribution in [2.45, 2.75) is 63.5 Å². The molecule has 2 fully saturated rings. The summed E-state index contributed by atoms with van der Waals surface area (Å²) in [6.45, 7) is 2.47. The smallest absolute Gasteiger partial charge is 0.325 e. The van der Waals surface area contributed by atoms with E-state index in [-0.39, 0.29) is 18.5 Å². The fourth-order valence-corrected chi connectivity index (χ4v) is 4.35. The van der Waals surface area contributed by atoms with Crippen LogP contribution in [0.25, 0.3) is 0 Å². The maximum Gasteiger partial charge on any atom is 0.325 e. The van der Waals surface area contributed by atoms with Gasteiger partial charge in [0.05, 0.1) is 13.2 Å². The molecular formula is C22H29N3O5. The van der Waals surface area contributed by atoms with Crippen molar-refractivity contribution in [3.8, 4) is 11.5 Å². The lowest BCUT2D eigenvalue weighted by molar-refractivity contribution is -0.135. The van der Waals surface area contributed by atoms with Crippen molar-refractivity contribution >= 4 is 17.8 Å². The van der Waals surface area contributed by atoms with E-state index in [1.807, 2.05) is 0 Å². The Bertz CT molecular complexity index is 834. The van der Waals surface area contributed by atoms with Crippen LogP contribution in [0.1, 0.15) is 57.4 Å². The van der Waals surface area contributed by atoms with Gasteiger partial charge in [-0.2, -0.15) is 0 Å². The van der Waals surface area contributed by atoms with E-state index in [0.717, 1.165) is 37.0 Å². The van der Waals surface area contributed by atoms with Gasteiger partial charge in [0.1, 0.15) is 12.1 Å². The molecule has 1 aliphatic carbocycles. The predicted molar refractivity (Wildman–Crippen MR) is 109 cm³/mol. The minimum atomic E-state index is -1.26. The van der Waals surface area contributed by atoms with Crippen molar-refractivity contribution in [1.29, 1.82) is 0 Å². The van der Waals surface area contributed by atoms with Gasteiger partial charge in [-0.15, -0.1) is 0 Å². The molecule has 1 aromatic carbocycles. The number of carbonyl (C=O) groups is 3. The average molecular weight is 415 g/mol. The number of fused-ring (bicyclic) bond motifs is 1. The van der Waals surface area contributed by atoms with Crippen molar-refractivity contribution in [2.24, 2.45) is 0 Å².